The van der Waals surface area contributed by atoms with Crippen LogP contribution in [0.25, 0.3) is 89.6 Å². The quantitative estimate of drug-likeness (QED) is 0.138. The number of rotatable bonds is 4. The second-order valence-corrected chi connectivity index (χ2v) is 19.3. The van der Waals surface area contributed by atoms with Crippen molar-refractivity contribution in [2.75, 3.05) is 19.6 Å². The number of carbonyl (C=O) groups excluding carboxylic acids is 1. The van der Waals surface area contributed by atoms with Gasteiger partial charge in [0.1, 0.15) is 58.0 Å². The van der Waals surface area contributed by atoms with Crippen molar-refractivity contribution in [1.29, 1.82) is 21.0 Å². The first-order valence-electron chi connectivity index (χ1n) is 24.7. The highest BCUT2D eigenvalue weighted by atomic mass is 32.1. The Bertz CT molecular complexity index is 4450. The minimum absolute atomic E-state index is 0.0787. The van der Waals surface area contributed by atoms with Gasteiger partial charge in [0.15, 0.2) is 40.7 Å². The van der Waals surface area contributed by atoms with E-state index in [1.54, 1.807) is 35.6 Å². The molecule has 17 heteroatoms. The van der Waals surface area contributed by atoms with E-state index in [4.69, 9.17) is 11.9 Å². The maximum atomic E-state index is 15.5. The molecule has 8 nitrogen and oxygen atoms in total. The van der Waals surface area contributed by atoms with E-state index in [2.05, 4.69) is 91.3 Å². The van der Waals surface area contributed by atoms with Gasteiger partial charge in [0.05, 0.1) is 11.0 Å². The molecule has 0 fully saturated rings. The van der Waals surface area contributed by atoms with Crippen LogP contribution in [0.1, 0.15) is 58.2 Å². The fourth-order valence-electron chi connectivity index (χ4n) is 9.15. The molecule has 12 rings (SSSR count). The molecule has 0 bridgehead atoms. The predicted molar refractivity (Wildman–Crippen MR) is 297 cm³/mol. The van der Waals surface area contributed by atoms with Gasteiger partial charge >= 0.3 is 0 Å². The zero-order chi connectivity index (χ0) is 56.8. The Morgan fingerprint density at radius 2 is 0.910 bits per heavy atom. The number of halogens is 7. The Labute approximate surface area is 451 Å². The maximum absolute atomic E-state index is 15.5. The highest BCUT2D eigenvalue weighted by Crippen LogP contribution is 2.45. The fourth-order valence-corrected chi connectivity index (χ4v) is 11.7. The van der Waals surface area contributed by atoms with Crippen molar-refractivity contribution in [3.63, 3.8) is 0 Å². The molecule has 388 valence electrons. The molecule has 0 spiro atoms. The zero-order valence-electron chi connectivity index (χ0n) is 42.9. The van der Waals surface area contributed by atoms with Gasteiger partial charge in [-0.1, -0.05) is 106 Å². The van der Waals surface area contributed by atoms with Crippen molar-refractivity contribution in [2.45, 2.75) is 34.6 Å². The predicted octanol–water partition coefficient (Wildman–Crippen LogP) is 16.9. The molecule has 1 N–H and O–H groups in total. The lowest BCUT2D eigenvalue weighted by Gasteiger charge is -2.13. The van der Waals surface area contributed by atoms with Gasteiger partial charge in [-0.25, -0.2) is 30.7 Å². The molecular formula is C61H42F7N7OS2. The Morgan fingerprint density at radius 3 is 1.38 bits per heavy atom. The summed E-state index contributed by atoms with van der Waals surface area (Å²) in [5, 5.41) is 44.3. The standard InChI is InChI=1S/C26H10F3N3S.C18H11NS.C8F4N2.C6H15N.C3H6O/c27-22-16(11-30)24(29)25(17(12-31)23(22)28)32-18-7-3-1-6-15(18)21-19(32)10-9-14-13-5-2-4-8-20(13)33-26(14)21;1-3-7-14-13(6-1)17-15(19-14)10-9-12-11-5-2-4-8-16(11)20-18(12)17;9-5-3(1-13)6(10)8(12)4(2-14)7(5)11;1-4-7(5-2)6-3;1-3(2)4/h1-10H;1-10,19H;;4-6H2,1-3H3;1-2H3/i;;;;1D. The molecule has 0 saturated heterocycles. The Balaban J connectivity index is 0.000000152. The first-order chi connectivity index (χ1) is 38.1. The van der Waals surface area contributed by atoms with Crippen LogP contribution in [0.5, 0.6) is 0 Å². The van der Waals surface area contributed by atoms with Crippen LogP contribution < -0.4 is 0 Å². The third-order valence-corrected chi connectivity index (χ3v) is 15.2. The van der Waals surface area contributed by atoms with E-state index in [0.717, 1.165) is 43.1 Å². The van der Waals surface area contributed by atoms with Crippen LogP contribution >= 0.6 is 22.7 Å². The highest BCUT2D eigenvalue weighted by Gasteiger charge is 2.29. The minimum atomic E-state index is -1.86. The van der Waals surface area contributed by atoms with Gasteiger partial charge < -0.3 is 19.2 Å². The Hall–Kier alpha value is -9.10. The summed E-state index contributed by atoms with van der Waals surface area (Å²) in [6.07, 6.45) is 0. The summed E-state index contributed by atoms with van der Waals surface area (Å²) in [7, 11) is 0. The Kier molecular flexibility index (Phi) is 16.1. The molecule has 12 aromatic rings. The molecule has 0 unspecified atom stereocenters. The van der Waals surface area contributed by atoms with Gasteiger partial charge in [-0.2, -0.15) is 21.0 Å². The lowest BCUT2D eigenvalue weighted by Crippen LogP contribution is -2.21. The topological polar surface area (TPSA) is 136 Å². The average molecular weight is 1090 g/mol. The summed E-state index contributed by atoms with van der Waals surface area (Å²) in [4.78, 5) is 15.5. The number of aromatic amines is 1. The number of hydrogen-bond acceptors (Lipinski definition) is 8. The number of benzene rings is 8. The third kappa shape index (κ3) is 9.95. The number of nitrogens with zero attached hydrogens (tertiary/aromatic N) is 6. The van der Waals surface area contributed by atoms with Crippen LogP contribution in [0.15, 0.2) is 121 Å². The van der Waals surface area contributed by atoms with Crippen molar-refractivity contribution >= 4 is 112 Å². The van der Waals surface area contributed by atoms with Crippen LogP contribution in [0.4, 0.5) is 30.7 Å². The molecule has 8 aromatic carbocycles. The van der Waals surface area contributed by atoms with Gasteiger partial charge in [-0.05, 0) is 69.9 Å². The summed E-state index contributed by atoms with van der Waals surface area (Å²) >= 11 is 3.47. The molecular weight excluding hydrogens is 1040 g/mol. The normalized spacial score (nSPS) is 11.0. The van der Waals surface area contributed by atoms with Crippen LogP contribution in [0.2, 0.25) is 0 Å². The van der Waals surface area contributed by atoms with E-state index in [-0.39, 0.29) is 12.7 Å². The SMILES string of the molecule is CCN(CC)CC.N#Cc1c(F)c(F)c(C#N)c(-n2c3ccccc3c3c4sc5ccccc5c4ccc32)c1F.N#Cc1c(F)c(F)c(C#N)c(F)c1F.[2H]CC(C)=O.c1ccc2c(c1)[nH]c1ccc3c4ccccc4sc3c12. The summed E-state index contributed by atoms with van der Waals surface area (Å²) < 4.78 is 108. The largest absolute Gasteiger partial charge is 0.354 e. The van der Waals surface area contributed by atoms with Crippen molar-refractivity contribution in [3.8, 4) is 30.0 Å². The van der Waals surface area contributed by atoms with E-state index in [9.17, 15) is 41.7 Å². The molecule has 0 atom stereocenters. The van der Waals surface area contributed by atoms with Gasteiger partial charge in [0, 0.05) is 74.3 Å². The van der Waals surface area contributed by atoms with E-state index < -0.39 is 68.7 Å². The molecule has 0 aliphatic rings. The average Bonchev–Trinajstić information content (AvgIpc) is 3.73. The van der Waals surface area contributed by atoms with E-state index in [1.807, 2.05) is 53.8 Å². The number of hydrogen-bond donors (Lipinski definition) is 1. The van der Waals surface area contributed by atoms with Crippen LogP contribution in [-0.2, 0) is 4.79 Å². The van der Waals surface area contributed by atoms with E-state index in [0.29, 0.717) is 11.0 Å². The second-order valence-electron chi connectivity index (χ2n) is 17.2. The first kappa shape index (κ1) is 53.7. The molecule has 0 aliphatic heterocycles. The number of aromatic nitrogens is 2. The molecule has 0 radical (unpaired) electrons. The number of carbonyl (C=O) groups is 1. The van der Waals surface area contributed by atoms with Crippen molar-refractivity contribution < 1.29 is 36.9 Å². The third-order valence-electron chi connectivity index (χ3n) is 12.8. The number of fused-ring (bicyclic) bond motifs is 14. The number of nitriles is 4. The summed E-state index contributed by atoms with van der Waals surface area (Å²) in [5.41, 5.74) is -1.59. The first-order valence-corrected chi connectivity index (χ1v) is 25.6. The fraction of sp³-hybridized carbons (Fsp3) is 0.131. The number of thiophene rings is 2. The molecule has 0 amide bonds. The Morgan fingerprint density at radius 1 is 0.500 bits per heavy atom. The number of H-pyrrole nitrogens is 1. The number of para-hydroxylation sites is 2. The molecule has 4 heterocycles. The van der Waals surface area contributed by atoms with Crippen LogP contribution in [0.3, 0.4) is 0 Å². The minimum Gasteiger partial charge on any atom is -0.354 e. The van der Waals surface area contributed by atoms with Crippen LogP contribution in [-0.4, -0.2) is 39.9 Å². The second kappa shape index (κ2) is 23.4. The lowest BCUT2D eigenvalue weighted by atomic mass is 10.1. The molecule has 0 aliphatic carbocycles. The van der Waals surface area contributed by atoms with E-state index >= 15 is 4.39 Å². The highest BCUT2D eigenvalue weighted by molar-refractivity contribution is 7.27. The number of Topliss-reactive ketones (excluding diaryl/α,β-unsaturated/α-hetero) is 1. The zero-order valence-corrected chi connectivity index (χ0v) is 43.6. The summed E-state index contributed by atoms with van der Waals surface area (Å²) in [6.45, 7) is 11.4. The van der Waals surface area contributed by atoms with Gasteiger partial charge in [0.25, 0.3) is 0 Å². The monoisotopic (exact) mass is 1090 g/mol. The van der Waals surface area contributed by atoms with Gasteiger partial charge in [0.2, 0.25) is 0 Å². The van der Waals surface area contributed by atoms with Crippen molar-refractivity contribution in [2.24, 2.45) is 0 Å². The van der Waals surface area contributed by atoms with E-state index in [1.165, 1.54) is 79.2 Å². The van der Waals surface area contributed by atoms with Crippen LogP contribution in [0, 0.1) is 86.0 Å². The summed E-state index contributed by atoms with van der Waals surface area (Å²) in [6, 6.07) is 45.4. The van der Waals surface area contributed by atoms with Gasteiger partial charge in [-0.15, -0.1) is 22.7 Å². The van der Waals surface area contributed by atoms with Crippen molar-refractivity contribution in [3.05, 3.63) is 184 Å². The van der Waals surface area contributed by atoms with Crippen molar-refractivity contribution in [1.82, 2.24) is 14.5 Å². The molecule has 4 aromatic heterocycles. The smallest absolute Gasteiger partial charge is 0.181 e. The molecule has 78 heavy (non-hydrogen) atoms. The number of ketones is 1. The lowest BCUT2D eigenvalue weighted by molar-refractivity contribution is -0.115. The van der Waals surface area contributed by atoms with Gasteiger partial charge in [-0.3, -0.25) is 0 Å². The summed E-state index contributed by atoms with van der Waals surface area (Å²) in [5.74, 6) is -12.0. The number of nitrogens with one attached hydrogen (secondary N) is 1. The maximum Gasteiger partial charge on any atom is 0.181 e. The molecule has 0 saturated carbocycles.